The number of carbonyl (C=O) groups is 1. The average Bonchev–Trinajstić information content (AvgIpc) is 3.46. The van der Waals surface area contributed by atoms with Crippen LogP contribution in [0.4, 0.5) is 32.2 Å². The average molecular weight is 930 g/mol. The van der Waals surface area contributed by atoms with E-state index in [1.165, 1.54) is 36.0 Å². The van der Waals surface area contributed by atoms with Crippen molar-refractivity contribution < 1.29 is 44.3 Å². The Balaban J connectivity index is 1.21. The Morgan fingerprint density at radius 3 is 2.48 bits per heavy atom. The summed E-state index contributed by atoms with van der Waals surface area (Å²) in [6, 6.07) is 6.54. The van der Waals surface area contributed by atoms with Crippen LogP contribution < -0.4 is 20.3 Å². The van der Waals surface area contributed by atoms with E-state index in [0.717, 1.165) is 28.5 Å². The number of benzene rings is 2. The van der Waals surface area contributed by atoms with Crippen molar-refractivity contribution >= 4 is 55.3 Å². The fraction of sp³-hybridized carbons (Fsp3) is 0.325. The molecule has 2 aliphatic carbocycles. The summed E-state index contributed by atoms with van der Waals surface area (Å²) in [6.07, 6.45) is 1.06. The number of carbonyl (C=O) groups excluding carboxylic acids is 1. The molecule has 5 heterocycles. The molecule has 0 aliphatic heterocycles. The van der Waals surface area contributed by atoms with Crippen LogP contribution in [-0.2, 0) is 54.2 Å². The molecule has 0 radical (unpaired) electrons. The number of hydrogen-bond donors (Lipinski definition) is 2. The van der Waals surface area contributed by atoms with Crippen LogP contribution in [0.2, 0.25) is 5.02 Å². The Hall–Kier alpha value is -6.49. The van der Waals surface area contributed by atoms with Gasteiger partial charge in [-0.2, -0.15) is 29.1 Å². The molecule has 16 nitrogen and oxygen atoms in total. The second-order valence-electron chi connectivity index (χ2n) is 15.7. The van der Waals surface area contributed by atoms with Crippen molar-refractivity contribution in [2.24, 2.45) is 20.0 Å². The van der Waals surface area contributed by atoms with Crippen molar-refractivity contribution in [3.8, 4) is 11.6 Å². The summed E-state index contributed by atoms with van der Waals surface area (Å²) in [5.74, 6) is -9.17. The Labute approximate surface area is 362 Å². The number of halogens is 7. The molecule has 2 aromatic carbocycles. The van der Waals surface area contributed by atoms with Crippen LogP contribution in [0.15, 0.2) is 59.7 Å². The molecule has 1 amide bonds. The van der Waals surface area contributed by atoms with E-state index in [1.807, 2.05) is 0 Å². The minimum atomic E-state index is -3.92. The second kappa shape index (κ2) is 15.6. The van der Waals surface area contributed by atoms with Gasteiger partial charge in [0.25, 0.3) is 17.9 Å². The highest BCUT2D eigenvalue weighted by Crippen LogP contribution is 2.68. The third kappa shape index (κ3) is 7.79. The first-order valence-electron chi connectivity index (χ1n) is 19.5. The number of rotatable bonds is 14. The smallest absolute Gasteiger partial charge is 0.293 e. The minimum absolute atomic E-state index is 0.0131. The van der Waals surface area contributed by atoms with Crippen LogP contribution >= 0.6 is 11.6 Å². The van der Waals surface area contributed by atoms with Crippen LogP contribution in [-0.4, -0.2) is 71.1 Å². The zero-order chi connectivity index (χ0) is 45.6. The van der Waals surface area contributed by atoms with Gasteiger partial charge in [0, 0.05) is 56.7 Å². The highest BCUT2D eigenvalue weighted by molar-refractivity contribution is 7.92. The van der Waals surface area contributed by atoms with Gasteiger partial charge < -0.3 is 10.1 Å². The number of fused-ring (bicyclic) bond motifs is 5. The third-order valence-electron chi connectivity index (χ3n) is 11.0. The number of pyridine rings is 1. The quantitative estimate of drug-likeness (QED) is 0.127. The first-order chi connectivity index (χ1) is 30.3. The molecule has 64 heavy (non-hydrogen) atoms. The van der Waals surface area contributed by atoms with E-state index < -0.39 is 87.7 Å². The normalized spacial score (nSPS) is 16.9. The predicted octanol–water partition coefficient (Wildman–Crippen LogP) is 5.77. The van der Waals surface area contributed by atoms with E-state index in [4.69, 9.17) is 21.3 Å². The Morgan fingerprint density at radius 1 is 1.05 bits per heavy atom. The second-order valence-corrected chi connectivity index (χ2v) is 17.8. The van der Waals surface area contributed by atoms with Crippen LogP contribution in [0, 0.1) is 17.6 Å². The van der Waals surface area contributed by atoms with Crippen LogP contribution in [0.3, 0.4) is 0 Å². The largest absolute Gasteiger partial charge is 0.477 e. The van der Waals surface area contributed by atoms with Gasteiger partial charge in [-0.15, -0.1) is 0 Å². The molecule has 24 heteroatoms. The van der Waals surface area contributed by atoms with Crippen LogP contribution in [0.1, 0.15) is 58.7 Å². The van der Waals surface area contributed by atoms with Gasteiger partial charge in [0.2, 0.25) is 21.8 Å². The first kappa shape index (κ1) is 42.8. The monoisotopic (exact) mass is 929 g/mol. The molecule has 2 N–H and O–H groups in total. The van der Waals surface area contributed by atoms with Gasteiger partial charge in [-0.05, 0) is 53.8 Å². The molecule has 3 atom stereocenters. The standard InChI is InChI=1S/C40H34ClF6N11O5S/c1-55-16-18(15-48-55)8-9-63-29-7-4-22-36(50-29)51-38(58(39(22)60)27-6-5-25(41)31-33(27)56(2)53-37(31)54-64(3,61)62)26(12-19-10-20(42)13-21(43)11-19)49-28(59)17-57-34-30(32(52-57)35(44)45)23-14-24(23)40(34,46)47/h4-7,10-11,13,15-16,23-24,26,35H,8-9,12,14,17H2,1-3H3,(H,49,59)(H,53,54)/t23-,24+,26-/m0/s1. The number of alkyl halides is 4. The molecule has 0 saturated heterocycles. The molecule has 0 spiro atoms. The number of aryl methyl sites for hydroxylation is 2. The number of aromatic nitrogens is 9. The lowest BCUT2D eigenvalue weighted by Gasteiger charge is -2.24. The summed E-state index contributed by atoms with van der Waals surface area (Å²) < 4.78 is 126. The van der Waals surface area contributed by atoms with Crippen LogP contribution in [0.25, 0.3) is 27.6 Å². The Bertz CT molecular complexity index is 3210. The van der Waals surface area contributed by atoms with Crippen molar-refractivity contribution in [1.82, 2.24) is 49.2 Å². The summed E-state index contributed by atoms with van der Waals surface area (Å²) in [5, 5.41) is 14.8. The maximum absolute atomic E-state index is 15.5. The van der Waals surface area contributed by atoms with Gasteiger partial charge in [0.05, 0.1) is 52.1 Å². The molecule has 1 saturated carbocycles. The topological polar surface area (TPSA) is 186 Å². The molecule has 2 aliphatic rings. The molecular formula is C40H34ClF6N11O5S. The van der Waals surface area contributed by atoms with Gasteiger partial charge in [-0.3, -0.25) is 32.9 Å². The lowest BCUT2D eigenvalue weighted by Crippen LogP contribution is -2.38. The van der Waals surface area contributed by atoms with E-state index in [2.05, 4.69) is 30.3 Å². The molecule has 5 aromatic heterocycles. The van der Waals surface area contributed by atoms with Gasteiger partial charge in [-0.1, -0.05) is 11.6 Å². The highest BCUT2D eigenvalue weighted by Gasteiger charge is 2.67. The predicted molar refractivity (Wildman–Crippen MR) is 218 cm³/mol. The summed E-state index contributed by atoms with van der Waals surface area (Å²) in [4.78, 5) is 38.3. The van der Waals surface area contributed by atoms with Crippen molar-refractivity contribution in [3.05, 3.63) is 116 Å². The Morgan fingerprint density at radius 2 is 1.80 bits per heavy atom. The van der Waals surface area contributed by atoms with Crippen molar-refractivity contribution in [2.45, 2.75) is 50.1 Å². The maximum Gasteiger partial charge on any atom is 0.293 e. The van der Waals surface area contributed by atoms with E-state index in [9.17, 15) is 35.6 Å². The summed E-state index contributed by atoms with van der Waals surface area (Å²) in [7, 11) is -0.726. The molecular weight excluding hydrogens is 896 g/mol. The van der Waals surface area contributed by atoms with Gasteiger partial charge >= 0.3 is 0 Å². The minimum Gasteiger partial charge on any atom is -0.477 e. The lowest BCUT2D eigenvalue weighted by atomic mass is 10.0. The molecule has 7 aromatic rings. The number of hydrogen-bond acceptors (Lipinski definition) is 10. The molecule has 0 bridgehead atoms. The lowest BCUT2D eigenvalue weighted by molar-refractivity contribution is -0.123. The summed E-state index contributed by atoms with van der Waals surface area (Å²) >= 11 is 6.62. The summed E-state index contributed by atoms with van der Waals surface area (Å²) in [5.41, 5.74) is -2.11. The maximum atomic E-state index is 15.5. The molecule has 0 unspecified atom stereocenters. The van der Waals surface area contributed by atoms with Gasteiger partial charge in [0.15, 0.2) is 11.5 Å². The number of ether oxygens (including phenoxy) is 1. The first-order valence-corrected chi connectivity index (χ1v) is 21.7. The third-order valence-corrected chi connectivity index (χ3v) is 11.9. The van der Waals surface area contributed by atoms with Gasteiger partial charge in [-0.25, -0.2) is 31.0 Å². The zero-order valence-corrected chi connectivity index (χ0v) is 35.2. The Kier molecular flexibility index (Phi) is 10.5. The fourth-order valence-corrected chi connectivity index (χ4v) is 9.13. The van der Waals surface area contributed by atoms with Crippen molar-refractivity contribution in [1.29, 1.82) is 0 Å². The SMILES string of the molecule is Cn1cc(CCOc2ccc3c(=O)n(-c4ccc(Cl)c5c(NS(C)(=O)=O)nn(C)c45)c([C@H](Cc4cc(F)cc(F)c4)NC(=O)Cn4nc(C(F)F)c5c4C(F)(F)[C@@H]4C[C@H]54)nc3n2)cn1. The fourth-order valence-electron chi connectivity index (χ4n) is 8.40. The van der Waals surface area contributed by atoms with Gasteiger partial charge in [0.1, 0.15) is 35.4 Å². The van der Waals surface area contributed by atoms with Crippen molar-refractivity contribution in [3.63, 3.8) is 0 Å². The molecule has 334 valence electrons. The van der Waals surface area contributed by atoms with E-state index in [1.54, 1.807) is 24.1 Å². The van der Waals surface area contributed by atoms with Crippen LogP contribution in [0.5, 0.6) is 5.88 Å². The van der Waals surface area contributed by atoms with Crippen molar-refractivity contribution in [2.75, 3.05) is 17.6 Å². The van der Waals surface area contributed by atoms with E-state index >= 15 is 8.78 Å². The van der Waals surface area contributed by atoms with E-state index in [0.29, 0.717) is 17.2 Å². The summed E-state index contributed by atoms with van der Waals surface area (Å²) in [6.45, 7) is -0.869. The number of anilines is 1. The molecule has 9 rings (SSSR count). The number of sulfonamides is 1. The highest BCUT2D eigenvalue weighted by atomic mass is 35.5. The molecule has 1 fully saturated rings. The number of nitrogens with zero attached hydrogens (tertiary/aromatic N) is 9. The van der Waals surface area contributed by atoms with E-state index in [-0.39, 0.29) is 74.3 Å². The number of nitrogens with one attached hydrogen (secondary N) is 2. The zero-order valence-electron chi connectivity index (χ0n) is 33.7. The number of amides is 1.